The van der Waals surface area contributed by atoms with Crippen molar-refractivity contribution >= 4 is 17.8 Å². The van der Waals surface area contributed by atoms with E-state index in [4.69, 9.17) is 0 Å². The first-order valence-electron chi connectivity index (χ1n) is 12.9. The maximum absolute atomic E-state index is 13.9. The quantitative estimate of drug-likeness (QED) is 0.275. The van der Waals surface area contributed by atoms with Gasteiger partial charge >= 0.3 is 5.97 Å². The van der Waals surface area contributed by atoms with Crippen LogP contribution in [0.5, 0.6) is 0 Å². The van der Waals surface area contributed by atoms with Gasteiger partial charge in [-0.25, -0.2) is 0 Å². The number of pyridine rings is 1. The molecule has 0 aliphatic heterocycles. The van der Waals surface area contributed by atoms with Crippen molar-refractivity contribution in [1.29, 1.82) is 0 Å². The maximum atomic E-state index is 13.9. The molecule has 0 spiro atoms. The molecule has 7 nitrogen and oxygen atoms in total. The molecule has 4 aromatic rings. The van der Waals surface area contributed by atoms with Crippen LogP contribution in [0, 0.1) is 0 Å². The van der Waals surface area contributed by atoms with Gasteiger partial charge in [0.25, 0.3) is 11.8 Å². The zero-order valence-electron chi connectivity index (χ0n) is 21.8. The van der Waals surface area contributed by atoms with E-state index in [1.54, 1.807) is 35.4 Å². The second-order valence-corrected chi connectivity index (χ2v) is 9.30. The molecule has 0 radical (unpaired) electrons. The van der Waals surface area contributed by atoms with Gasteiger partial charge < -0.3 is 15.3 Å². The van der Waals surface area contributed by atoms with E-state index in [-0.39, 0.29) is 37.2 Å². The van der Waals surface area contributed by atoms with E-state index >= 15 is 0 Å². The highest BCUT2D eigenvalue weighted by Gasteiger charge is 2.24. The van der Waals surface area contributed by atoms with Crippen LogP contribution in [0.4, 0.5) is 0 Å². The minimum atomic E-state index is -0.969. The van der Waals surface area contributed by atoms with Gasteiger partial charge in [0.05, 0.1) is 18.7 Å². The molecule has 0 aliphatic rings. The van der Waals surface area contributed by atoms with Crippen molar-refractivity contribution in [3.63, 3.8) is 0 Å². The molecule has 1 atom stereocenters. The molecule has 0 bridgehead atoms. The first kappa shape index (κ1) is 27.3. The molecule has 7 heteroatoms. The Morgan fingerprint density at radius 2 is 1.44 bits per heavy atom. The number of carbonyl (C=O) groups excluding carboxylic acids is 2. The summed E-state index contributed by atoms with van der Waals surface area (Å²) in [6.45, 7) is 2.72. The van der Waals surface area contributed by atoms with Gasteiger partial charge in [0.15, 0.2) is 0 Å². The van der Waals surface area contributed by atoms with Gasteiger partial charge in [-0.05, 0) is 46.9 Å². The third-order valence-corrected chi connectivity index (χ3v) is 6.52. The smallest absolute Gasteiger partial charge is 0.305 e. The topological polar surface area (TPSA) is 99.6 Å². The molecule has 2 N–H and O–H groups in total. The summed E-state index contributed by atoms with van der Waals surface area (Å²) in [6.07, 6.45) is 1.51. The number of aromatic nitrogens is 1. The van der Waals surface area contributed by atoms with Crippen molar-refractivity contribution in [3.05, 3.63) is 126 Å². The van der Waals surface area contributed by atoms with Crippen LogP contribution in [0.2, 0.25) is 0 Å². The lowest BCUT2D eigenvalue weighted by Crippen LogP contribution is -2.36. The number of nitrogens with zero attached hydrogens (tertiary/aromatic N) is 2. The average Bonchev–Trinajstić information content (AvgIpc) is 2.98. The lowest BCUT2D eigenvalue weighted by Gasteiger charge is -2.27. The Morgan fingerprint density at radius 1 is 0.821 bits per heavy atom. The Morgan fingerprint density at radius 3 is 2.10 bits per heavy atom. The fraction of sp³-hybridized carbons (Fsp3) is 0.188. The molecule has 2 amide bonds. The Kier molecular flexibility index (Phi) is 9.19. The second-order valence-electron chi connectivity index (χ2n) is 9.30. The number of hydrogen-bond acceptors (Lipinski definition) is 4. The first-order valence-corrected chi connectivity index (χ1v) is 12.9. The van der Waals surface area contributed by atoms with Crippen molar-refractivity contribution < 1.29 is 19.5 Å². The molecule has 0 saturated carbocycles. The third kappa shape index (κ3) is 7.17. The molecule has 1 heterocycles. The summed E-state index contributed by atoms with van der Waals surface area (Å²) in [5.74, 6) is -1.53. The fourth-order valence-electron chi connectivity index (χ4n) is 4.48. The van der Waals surface area contributed by atoms with E-state index < -0.39 is 5.97 Å². The zero-order chi connectivity index (χ0) is 27.6. The summed E-state index contributed by atoms with van der Waals surface area (Å²) >= 11 is 0. The molecule has 39 heavy (non-hydrogen) atoms. The Balaban J connectivity index is 1.63. The third-order valence-electron chi connectivity index (χ3n) is 6.52. The summed E-state index contributed by atoms with van der Waals surface area (Å²) < 4.78 is 0. The van der Waals surface area contributed by atoms with Crippen molar-refractivity contribution in [3.8, 4) is 11.1 Å². The van der Waals surface area contributed by atoms with Crippen LogP contribution in [0.15, 0.2) is 103 Å². The predicted octanol–water partition coefficient (Wildman–Crippen LogP) is 5.40. The van der Waals surface area contributed by atoms with Gasteiger partial charge in [0, 0.05) is 30.4 Å². The highest BCUT2D eigenvalue weighted by molar-refractivity contribution is 6.06. The van der Waals surface area contributed by atoms with Gasteiger partial charge in [0.2, 0.25) is 0 Å². The fourth-order valence-corrected chi connectivity index (χ4v) is 4.48. The molecule has 1 aromatic heterocycles. The number of rotatable bonds is 11. The highest BCUT2D eigenvalue weighted by atomic mass is 16.4. The lowest BCUT2D eigenvalue weighted by molar-refractivity contribution is -0.137. The highest BCUT2D eigenvalue weighted by Crippen LogP contribution is 2.29. The van der Waals surface area contributed by atoms with Gasteiger partial charge in [0.1, 0.15) is 0 Å². The van der Waals surface area contributed by atoms with Crippen LogP contribution in [0.25, 0.3) is 11.1 Å². The molecule has 3 aromatic carbocycles. The van der Waals surface area contributed by atoms with Gasteiger partial charge in [-0.3, -0.25) is 19.4 Å². The van der Waals surface area contributed by atoms with E-state index in [0.717, 1.165) is 11.3 Å². The molecule has 1 unspecified atom stereocenters. The van der Waals surface area contributed by atoms with Gasteiger partial charge in [-0.2, -0.15) is 0 Å². The second kappa shape index (κ2) is 13.1. The molecular weight excluding hydrogens is 490 g/mol. The minimum Gasteiger partial charge on any atom is -0.481 e. The maximum Gasteiger partial charge on any atom is 0.305 e. The van der Waals surface area contributed by atoms with Gasteiger partial charge in [-0.15, -0.1) is 0 Å². The normalized spacial score (nSPS) is 11.4. The van der Waals surface area contributed by atoms with E-state index in [1.165, 1.54) is 0 Å². The number of carboxylic acid groups (broad SMARTS) is 1. The summed E-state index contributed by atoms with van der Waals surface area (Å²) in [5, 5.41) is 12.3. The van der Waals surface area contributed by atoms with Crippen LogP contribution in [-0.2, 0) is 11.3 Å². The number of aliphatic carboxylic acids is 1. The molecule has 0 saturated heterocycles. The van der Waals surface area contributed by atoms with Crippen molar-refractivity contribution in [2.24, 2.45) is 0 Å². The van der Waals surface area contributed by atoms with E-state index in [2.05, 4.69) is 10.3 Å². The number of carbonyl (C=O) groups is 3. The average molecular weight is 522 g/mol. The Hall–Kier alpha value is -4.78. The van der Waals surface area contributed by atoms with E-state index in [1.807, 2.05) is 79.7 Å². The summed E-state index contributed by atoms with van der Waals surface area (Å²) in [4.78, 5) is 44.4. The van der Waals surface area contributed by atoms with Crippen molar-refractivity contribution in [2.45, 2.75) is 25.8 Å². The summed E-state index contributed by atoms with van der Waals surface area (Å²) in [5.41, 5.74) is 3.87. The van der Waals surface area contributed by atoms with Crippen LogP contribution in [0.3, 0.4) is 0 Å². The van der Waals surface area contributed by atoms with Crippen LogP contribution < -0.4 is 5.32 Å². The zero-order valence-corrected chi connectivity index (χ0v) is 21.8. The number of hydrogen-bond donors (Lipinski definition) is 2. The standard InChI is InChI=1S/C32H31N3O4/c1-23(24-11-3-2-4-12-24)22-35(20-18-30(36)37)32(39)29-17-8-6-15-27(29)26-14-5-7-16-28(26)31(38)34-21-25-13-9-10-19-33-25/h2-17,19,23H,18,20-22H2,1H3,(H,34,38)(H,36,37). The SMILES string of the molecule is CC(CN(CCC(=O)O)C(=O)c1ccccc1-c1ccccc1C(=O)NCc1ccccn1)c1ccccc1. The predicted molar refractivity (Wildman–Crippen MR) is 150 cm³/mol. The van der Waals surface area contributed by atoms with Crippen LogP contribution in [0.1, 0.15) is 51.2 Å². The minimum absolute atomic E-state index is 0.000710. The molecular formula is C32H31N3O4. The van der Waals surface area contributed by atoms with E-state index in [0.29, 0.717) is 28.8 Å². The lowest BCUT2D eigenvalue weighted by atomic mass is 9.93. The largest absolute Gasteiger partial charge is 0.481 e. The molecule has 4 rings (SSSR count). The first-order chi connectivity index (χ1) is 18.9. The molecule has 0 fully saturated rings. The Bertz CT molecular complexity index is 1420. The summed E-state index contributed by atoms with van der Waals surface area (Å²) in [7, 11) is 0. The van der Waals surface area contributed by atoms with Crippen LogP contribution >= 0.6 is 0 Å². The summed E-state index contributed by atoms with van der Waals surface area (Å²) in [6, 6.07) is 29.6. The molecule has 198 valence electrons. The van der Waals surface area contributed by atoms with Gasteiger partial charge in [-0.1, -0.05) is 79.7 Å². The number of amides is 2. The molecule has 0 aliphatic carbocycles. The number of carboxylic acids is 1. The van der Waals surface area contributed by atoms with Crippen molar-refractivity contribution in [1.82, 2.24) is 15.2 Å². The van der Waals surface area contributed by atoms with Crippen molar-refractivity contribution in [2.75, 3.05) is 13.1 Å². The monoisotopic (exact) mass is 521 g/mol. The Labute approximate surface area is 228 Å². The van der Waals surface area contributed by atoms with E-state index in [9.17, 15) is 19.5 Å². The number of benzene rings is 3. The van der Waals surface area contributed by atoms with Crippen LogP contribution in [-0.4, -0.2) is 45.9 Å². The number of nitrogens with one attached hydrogen (secondary N) is 1.